The molecule has 0 radical (unpaired) electrons. The highest BCUT2D eigenvalue weighted by atomic mass is 35.5. The second-order valence-corrected chi connectivity index (χ2v) is 9.99. The van der Waals surface area contributed by atoms with Crippen LogP contribution in [0.15, 0.2) is 66.5 Å². The van der Waals surface area contributed by atoms with Crippen molar-refractivity contribution in [1.82, 2.24) is 4.98 Å². The summed E-state index contributed by atoms with van der Waals surface area (Å²) in [5.41, 5.74) is 2.85. The van der Waals surface area contributed by atoms with E-state index in [-0.39, 0.29) is 16.7 Å². The highest BCUT2D eigenvalue weighted by Crippen LogP contribution is 2.44. The van der Waals surface area contributed by atoms with E-state index in [1.807, 2.05) is 27.7 Å². The molecule has 7 heteroatoms. The third-order valence-corrected chi connectivity index (χ3v) is 6.39. The van der Waals surface area contributed by atoms with Crippen LogP contribution in [0.3, 0.4) is 0 Å². The smallest absolute Gasteiger partial charge is 0.300 e. The number of hydrogen-bond acceptors (Lipinski definition) is 5. The van der Waals surface area contributed by atoms with Crippen molar-refractivity contribution in [3.05, 3.63) is 93.8 Å². The predicted molar refractivity (Wildman–Crippen MR) is 137 cm³/mol. The van der Waals surface area contributed by atoms with Crippen molar-refractivity contribution in [3.63, 3.8) is 0 Å². The van der Waals surface area contributed by atoms with Crippen molar-refractivity contribution in [2.75, 3.05) is 12.0 Å². The topological polar surface area (TPSA) is 79.7 Å². The first-order valence-electron chi connectivity index (χ1n) is 11.2. The van der Waals surface area contributed by atoms with Crippen molar-refractivity contribution in [2.24, 2.45) is 0 Å². The van der Waals surface area contributed by atoms with Gasteiger partial charge < -0.3 is 9.84 Å². The van der Waals surface area contributed by atoms with E-state index in [4.69, 9.17) is 16.3 Å². The maximum absolute atomic E-state index is 13.4. The minimum absolute atomic E-state index is 0.00704. The first kappa shape index (κ1) is 24.5. The normalized spacial score (nSPS) is 17.7. The van der Waals surface area contributed by atoms with Gasteiger partial charge in [-0.2, -0.15) is 0 Å². The average molecular weight is 491 g/mol. The van der Waals surface area contributed by atoms with Crippen molar-refractivity contribution in [2.45, 2.75) is 39.2 Å². The lowest BCUT2D eigenvalue weighted by Gasteiger charge is -2.27. The van der Waals surface area contributed by atoms with Crippen LogP contribution >= 0.6 is 11.6 Å². The molecule has 1 aliphatic heterocycles. The summed E-state index contributed by atoms with van der Waals surface area (Å²) in [6.45, 7) is 7.94. The number of nitrogens with zero attached hydrogens (tertiary/aromatic N) is 2. The lowest BCUT2D eigenvalue weighted by atomic mass is 9.84. The van der Waals surface area contributed by atoms with Gasteiger partial charge in [-0.15, -0.1) is 0 Å². The van der Waals surface area contributed by atoms with E-state index in [0.29, 0.717) is 27.6 Å². The monoisotopic (exact) mass is 490 g/mol. The second kappa shape index (κ2) is 9.19. The third kappa shape index (κ3) is 4.42. The van der Waals surface area contributed by atoms with E-state index in [1.165, 1.54) is 4.90 Å². The Hall–Kier alpha value is -3.64. The molecule has 4 rings (SSSR count). The number of anilines is 1. The Morgan fingerprint density at radius 3 is 2.49 bits per heavy atom. The molecular formula is C28H27ClN2O4. The molecule has 35 heavy (non-hydrogen) atoms. The van der Waals surface area contributed by atoms with Crippen molar-refractivity contribution in [3.8, 4) is 5.75 Å². The molecule has 6 nitrogen and oxygen atoms in total. The number of aliphatic hydroxyl groups is 1. The summed E-state index contributed by atoms with van der Waals surface area (Å²) in [6.07, 6.45) is 3.20. The summed E-state index contributed by atoms with van der Waals surface area (Å²) in [5.74, 6) is -1.10. The van der Waals surface area contributed by atoms with Gasteiger partial charge in [-0.25, -0.2) is 0 Å². The summed E-state index contributed by atoms with van der Waals surface area (Å²) in [5, 5.41) is 11.9. The lowest BCUT2D eigenvalue weighted by Crippen LogP contribution is -2.30. The molecule has 0 spiro atoms. The number of benzene rings is 2. The molecule has 2 aromatic carbocycles. The fourth-order valence-corrected chi connectivity index (χ4v) is 4.54. The number of methoxy groups -OCH3 is 1. The molecule has 0 aliphatic carbocycles. The van der Waals surface area contributed by atoms with Gasteiger partial charge in [0, 0.05) is 34.2 Å². The summed E-state index contributed by atoms with van der Waals surface area (Å²) in [7, 11) is 1.59. The molecule has 1 atom stereocenters. The van der Waals surface area contributed by atoms with Gasteiger partial charge in [-0.1, -0.05) is 44.5 Å². The van der Waals surface area contributed by atoms with Gasteiger partial charge in [-0.05, 0) is 59.9 Å². The van der Waals surface area contributed by atoms with Crippen LogP contribution in [0.25, 0.3) is 5.76 Å². The molecule has 1 saturated heterocycles. The number of Topliss-reactive ketones (excluding diaryl/α,β-unsaturated/α-hetero) is 1. The molecule has 180 valence electrons. The molecule has 2 heterocycles. The molecule has 0 bridgehead atoms. The molecule has 1 aliphatic rings. The van der Waals surface area contributed by atoms with E-state index in [1.54, 1.807) is 68.0 Å². The zero-order valence-electron chi connectivity index (χ0n) is 20.3. The summed E-state index contributed by atoms with van der Waals surface area (Å²) in [6, 6.07) is 13.0. The number of aryl methyl sites for hydroxylation is 1. The standard InChI is InChI=1S/C28H27ClN2O4/c1-16-8-10-19(29)14-21(16)31-24(18-7-6-12-30-15-18)23(26(33)27(31)34)25(32)17-9-11-22(35-5)20(13-17)28(2,3)4/h6-15,24,32H,1-5H3/b25-23-. The lowest BCUT2D eigenvalue weighted by molar-refractivity contribution is -0.132. The quantitative estimate of drug-likeness (QED) is 0.276. The first-order chi connectivity index (χ1) is 16.5. The van der Waals surface area contributed by atoms with Crippen molar-refractivity contribution in [1.29, 1.82) is 0 Å². The molecule has 1 N–H and O–H groups in total. The van der Waals surface area contributed by atoms with Crippen LogP contribution in [-0.4, -0.2) is 28.9 Å². The van der Waals surface area contributed by atoms with Crippen LogP contribution in [0.2, 0.25) is 5.02 Å². The largest absolute Gasteiger partial charge is 0.507 e. The number of carbonyl (C=O) groups is 2. The third-order valence-electron chi connectivity index (χ3n) is 6.16. The van der Waals surface area contributed by atoms with E-state index in [0.717, 1.165) is 11.1 Å². The second-order valence-electron chi connectivity index (χ2n) is 9.55. The van der Waals surface area contributed by atoms with E-state index in [2.05, 4.69) is 4.98 Å². The summed E-state index contributed by atoms with van der Waals surface area (Å²) in [4.78, 5) is 32.4. The van der Waals surface area contributed by atoms with Gasteiger partial charge in [-0.3, -0.25) is 19.5 Å². The number of aliphatic hydroxyl groups excluding tert-OH is 1. The number of pyridine rings is 1. The number of amides is 1. The molecule has 1 unspecified atom stereocenters. The predicted octanol–water partition coefficient (Wildman–Crippen LogP) is 5.98. The zero-order valence-corrected chi connectivity index (χ0v) is 21.1. The van der Waals surface area contributed by atoms with Gasteiger partial charge in [0.15, 0.2) is 0 Å². The van der Waals surface area contributed by atoms with Gasteiger partial charge in [0.2, 0.25) is 0 Å². The van der Waals surface area contributed by atoms with Crippen LogP contribution < -0.4 is 9.64 Å². The Balaban J connectivity index is 1.98. The average Bonchev–Trinajstić information content (AvgIpc) is 3.10. The van der Waals surface area contributed by atoms with Crippen molar-refractivity contribution >= 4 is 34.7 Å². The van der Waals surface area contributed by atoms with Crippen molar-refractivity contribution < 1.29 is 19.4 Å². The van der Waals surface area contributed by atoms with Gasteiger partial charge in [0.1, 0.15) is 11.5 Å². The van der Waals surface area contributed by atoms with Gasteiger partial charge in [0.25, 0.3) is 11.7 Å². The molecular weight excluding hydrogens is 464 g/mol. The Morgan fingerprint density at radius 2 is 1.86 bits per heavy atom. The molecule has 1 fully saturated rings. The number of ether oxygens (including phenoxy) is 1. The number of carbonyl (C=O) groups excluding carboxylic acids is 2. The molecule has 0 saturated carbocycles. The van der Waals surface area contributed by atoms with Crippen LogP contribution in [0.1, 0.15) is 49.1 Å². The van der Waals surface area contributed by atoms with Crippen LogP contribution in [0, 0.1) is 6.92 Å². The first-order valence-corrected chi connectivity index (χ1v) is 11.6. The number of ketones is 1. The number of halogens is 1. The van der Waals surface area contributed by atoms with E-state index in [9.17, 15) is 14.7 Å². The Labute approximate surface area is 209 Å². The van der Waals surface area contributed by atoms with E-state index < -0.39 is 17.7 Å². The van der Waals surface area contributed by atoms with Crippen LogP contribution in [0.5, 0.6) is 5.75 Å². The molecule has 1 amide bonds. The molecule has 1 aromatic heterocycles. The fourth-order valence-electron chi connectivity index (χ4n) is 4.37. The molecule has 3 aromatic rings. The Bertz CT molecular complexity index is 1340. The minimum Gasteiger partial charge on any atom is -0.507 e. The Morgan fingerprint density at radius 1 is 1.11 bits per heavy atom. The fraction of sp³-hybridized carbons (Fsp3) is 0.250. The van der Waals surface area contributed by atoms with Crippen LogP contribution in [-0.2, 0) is 15.0 Å². The van der Waals surface area contributed by atoms with E-state index >= 15 is 0 Å². The number of aromatic nitrogens is 1. The summed E-state index contributed by atoms with van der Waals surface area (Å²) < 4.78 is 5.51. The maximum Gasteiger partial charge on any atom is 0.300 e. The summed E-state index contributed by atoms with van der Waals surface area (Å²) >= 11 is 6.25. The highest BCUT2D eigenvalue weighted by molar-refractivity contribution is 6.52. The maximum atomic E-state index is 13.4. The Kier molecular flexibility index (Phi) is 6.43. The minimum atomic E-state index is -0.874. The highest BCUT2D eigenvalue weighted by Gasteiger charge is 2.47. The SMILES string of the molecule is COc1ccc(/C(O)=C2/C(=O)C(=O)N(c3cc(Cl)ccc3C)C2c2cccnc2)cc1C(C)(C)C. The zero-order chi connectivity index (χ0) is 25.5. The number of rotatable bonds is 4. The number of hydrogen-bond donors (Lipinski definition) is 1. The van der Waals surface area contributed by atoms with Crippen LogP contribution in [0.4, 0.5) is 5.69 Å². The van der Waals surface area contributed by atoms with Gasteiger partial charge in [0.05, 0.1) is 18.7 Å². The van der Waals surface area contributed by atoms with Gasteiger partial charge >= 0.3 is 0 Å².